The first-order valence-electron chi connectivity index (χ1n) is 9.57. The van der Waals surface area contributed by atoms with Gasteiger partial charge in [0.05, 0.1) is 19.3 Å². The molecule has 0 radical (unpaired) electrons. The summed E-state index contributed by atoms with van der Waals surface area (Å²) in [5.74, 6) is 1.35. The molecule has 0 atom stereocenters. The van der Waals surface area contributed by atoms with E-state index in [9.17, 15) is 4.79 Å². The number of hydrogen-bond acceptors (Lipinski definition) is 4. The van der Waals surface area contributed by atoms with Crippen LogP contribution >= 0.6 is 0 Å². The van der Waals surface area contributed by atoms with E-state index in [0.717, 1.165) is 44.0 Å². The zero-order valence-electron chi connectivity index (χ0n) is 16.7. The molecule has 0 unspecified atom stereocenters. The Bertz CT molecular complexity index is 753. The largest absolute Gasteiger partial charge is 0.497 e. The minimum Gasteiger partial charge on any atom is -0.497 e. The van der Waals surface area contributed by atoms with Gasteiger partial charge >= 0.3 is 0 Å². The molecule has 1 fully saturated rings. The predicted molar refractivity (Wildman–Crippen MR) is 107 cm³/mol. The van der Waals surface area contributed by atoms with E-state index in [4.69, 9.17) is 4.74 Å². The van der Waals surface area contributed by atoms with Gasteiger partial charge in [0.15, 0.2) is 0 Å². The fourth-order valence-electron chi connectivity index (χ4n) is 3.63. The van der Waals surface area contributed by atoms with Gasteiger partial charge in [-0.3, -0.25) is 4.79 Å². The number of nitrogens with one attached hydrogen (secondary N) is 1. The number of amides is 1. The third-order valence-electron chi connectivity index (χ3n) is 4.87. The topological polar surface area (TPSA) is 59.4 Å². The Morgan fingerprint density at radius 1 is 1.19 bits per heavy atom. The Morgan fingerprint density at radius 3 is 2.44 bits per heavy atom. The summed E-state index contributed by atoms with van der Waals surface area (Å²) in [4.78, 5) is 15.1. The lowest BCUT2D eigenvalue weighted by molar-refractivity contribution is 0.102. The molecule has 0 spiro atoms. The highest BCUT2D eigenvalue weighted by atomic mass is 16.5. The summed E-state index contributed by atoms with van der Waals surface area (Å²) in [7, 11) is 1.61. The number of aromatic nitrogens is 2. The SMILES string of the molecule is COc1ccc(C(=O)Nc2ccnn2C2CCN(CC(C)(C)C)CC2)cc1. The number of nitrogens with zero attached hydrogens (tertiary/aromatic N) is 3. The lowest BCUT2D eigenvalue weighted by Crippen LogP contribution is -2.39. The molecule has 1 aliphatic rings. The van der Waals surface area contributed by atoms with Crippen molar-refractivity contribution in [1.29, 1.82) is 0 Å². The van der Waals surface area contributed by atoms with Gasteiger partial charge < -0.3 is 15.0 Å². The fourth-order valence-corrected chi connectivity index (χ4v) is 3.63. The number of likely N-dealkylation sites (tertiary alicyclic amines) is 1. The molecule has 2 heterocycles. The third-order valence-corrected chi connectivity index (χ3v) is 4.87. The molecule has 1 aromatic carbocycles. The van der Waals surface area contributed by atoms with Crippen LogP contribution in [0.3, 0.4) is 0 Å². The maximum absolute atomic E-state index is 12.6. The summed E-state index contributed by atoms with van der Waals surface area (Å²) in [6.07, 6.45) is 3.84. The number of piperidine rings is 1. The van der Waals surface area contributed by atoms with Gasteiger partial charge in [0.1, 0.15) is 11.6 Å². The monoisotopic (exact) mass is 370 g/mol. The van der Waals surface area contributed by atoms with Crippen molar-refractivity contribution in [2.24, 2.45) is 5.41 Å². The van der Waals surface area contributed by atoms with Gasteiger partial charge in [-0.15, -0.1) is 0 Å². The van der Waals surface area contributed by atoms with Gasteiger partial charge in [0, 0.05) is 31.3 Å². The average Bonchev–Trinajstić information content (AvgIpc) is 3.09. The number of benzene rings is 1. The lowest BCUT2D eigenvalue weighted by Gasteiger charge is -2.36. The van der Waals surface area contributed by atoms with Crippen LogP contribution in [-0.2, 0) is 0 Å². The quantitative estimate of drug-likeness (QED) is 0.869. The van der Waals surface area contributed by atoms with E-state index >= 15 is 0 Å². The van der Waals surface area contributed by atoms with Crippen LogP contribution in [0.2, 0.25) is 0 Å². The number of hydrogen-bond donors (Lipinski definition) is 1. The summed E-state index contributed by atoms with van der Waals surface area (Å²) in [6.45, 7) is 10.1. The highest BCUT2D eigenvalue weighted by Crippen LogP contribution is 2.27. The van der Waals surface area contributed by atoms with Crippen molar-refractivity contribution in [1.82, 2.24) is 14.7 Å². The molecule has 2 aromatic rings. The molecule has 1 aromatic heterocycles. The van der Waals surface area contributed by atoms with Crippen LogP contribution in [0.25, 0.3) is 0 Å². The van der Waals surface area contributed by atoms with Crippen LogP contribution in [0.15, 0.2) is 36.5 Å². The van der Waals surface area contributed by atoms with Crippen LogP contribution in [0.1, 0.15) is 50.0 Å². The fraction of sp³-hybridized carbons (Fsp3) is 0.524. The summed E-state index contributed by atoms with van der Waals surface area (Å²) < 4.78 is 7.11. The van der Waals surface area contributed by atoms with Crippen molar-refractivity contribution in [3.8, 4) is 5.75 Å². The van der Waals surface area contributed by atoms with Crippen molar-refractivity contribution in [2.45, 2.75) is 39.7 Å². The molecular weight excluding hydrogens is 340 g/mol. The molecule has 1 aliphatic heterocycles. The molecule has 0 aliphatic carbocycles. The standard InChI is InChI=1S/C21H30N4O2/c1-21(2,3)15-24-13-10-17(11-14-24)25-19(9-12-22-25)23-20(26)16-5-7-18(27-4)8-6-16/h5-9,12,17H,10-11,13-15H2,1-4H3,(H,23,26). The molecule has 1 saturated heterocycles. The second kappa shape index (κ2) is 8.13. The summed E-state index contributed by atoms with van der Waals surface area (Å²) >= 11 is 0. The number of carbonyl (C=O) groups excluding carboxylic acids is 1. The van der Waals surface area contributed by atoms with Crippen LogP contribution in [0, 0.1) is 5.41 Å². The van der Waals surface area contributed by atoms with Crippen LogP contribution in [-0.4, -0.2) is 47.3 Å². The van der Waals surface area contributed by atoms with E-state index in [1.54, 1.807) is 37.6 Å². The summed E-state index contributed by atoms with van der Waals surface area (Å²) in [5, 5.41) is 7.48. The van der Waals surface area contributed by atoms with Gasteiger partial charge in [0.2, 0.25) is 0 Å². The Kier molecular flexibility index (Phi) is 5.85. The van der Waals surface area contributed by atoms with Gasteiger partial charge in [-0.05, 0) is 42.5 Å². The molecule has 27 heavy (non-hydrogen) atoms. The van der Waals surface area contributed by atoms with E-state index in [1.165, 1.54) is 0 Å². The van der Waals surface area contributed by atoms with E-state index in [1.807, 2.05) is 10.7 Å². The molecule has 1 amide bonds. The van der Waals surface area contributed by atoms with E-state index in [0.29, 0.717) is 17.0 Å². The van der Waals surface area contributed by atoms with Gasteiger partial charge in [-0.25, -0.2) is 4.68 Å². The minimum atomic E-state index is -0.135. The molecule has 0 bridgehead atoms. The summed E-state index contributed by atoms with van der Waals surface area (Å²) in [5.41, 5.74) is 0.916. The van der Waals surface area contributed by atoms with Gasteiger partial charge in [0.25, 0.3) is 5.91 Å². The van der Waals surface area contributed by atoms with Gasteiger partial charge in [-0.2, -0.15) is 5.10 Å². The highest BCUT2D eigenvalue weighted by Gasteiger charge is 2.25. The molecule has 1 N–H and O–H groups in total. The molecule has 0 saturated carbocycles. The van der Waals surface area contributed by atoms with Crippen molar-refractivity contribution < 1.29 is 9.53 Å². The summed E-state index contributed by atoms with van der Waals surface area (Å²) in [6, 6.07) is 9.29. The number of methoxy groups -OCH3 is 1. The Hall–Kier alpha value is -2.34. The predicted octanol–water partition coefficient (Wildman–Crippen LogP) is 3.83. The van der Waals surface area contributed by atoms with Gasteiger partial charge in [-0.1, -0.05) is 20.8 Å². The maximum Gasteiger partial charge on any atom is 0.256 e. The van der Waals surface area contributed by atoms with E-state index < -0.39 is 0 Å². The van der Waals surface area contributed by atoms with Crippen LogP contribution in [0.5, 0.6) is 5.75 Å². The average molecular weight is 370 g/mol. The van der Waals surface area contributed by atoms with Crippen molar-refractivity contribution in [3.63, 3.8) is 0 Å². The Morgan fingerprint density at radius 2 is 1.85 bits per heavy atom. The number of ether oxygens (including phenoxy) is 1. The number of anilines is 1. The van der Waals surface area contributed by atoms with Crippen LogP contribution < -0.4 is 10.1 Å². The third kappa shape index (κ3) is 5.10. The smallest absolute Gasteiger partial charge is 0.256 e. The minimum absolute atomic E-state index is 0.135. The molecule has 6 heteroatoms. The number of rotatable bonds is 5. The second-order valence-electron chi connectivity index (χ2n) is 8.41. The lowest BCUT2D eigenvalue weighted by atomic mass is 9.94. The molecular formula is C21H30N4O2. The maximum atomic E-state index is 12.6. The molecule has 3 rings (SSSR count). The first-order valence-corrected chi connectivity index (χ1v) is 9.57. The molecule has 6 nitrogen and oxygen atoms in total. The van der Waals surface area contributed by atoms with E-state index in [-0.39, 0.29) is 5.91 Å². The van der Waals surface area contributed by atoms with Crippen molar-refractivity contribution >= 4 is 11.7 Å². The Balaban J connectivity index is 1.62. The molecule has 146 valence electrons. The zero-order valence-corrected chi connectivity index (χ0v) is 16.7. The zero-order chi connectivity index (χ0) is 19.4. The van der Waals surface area contributed by atoms with Crippen LogP contribution in [0.4, 0.5) is 5.82 Å². The normalized spacial score (nSPS) is 16.3. The van der Waals surface area contributed by atoms with Crippen molar-refractivity contribution in [3.05, 3.63) is 42.1 Å². The first kappa shape index (κ1) is 19.4. The van der Waals surface area contributed by atoms with Crippen molar-refractivity contribution in [2.75, 3.05) is 32.1 Å². The Labute approximate surface area is 161 Å². The second-order valence-corrected chi connectivity index (χ2v) is 8.41. The number of carbonyl (C=O) groups is 1. The first-order chi connectivity index (χ1) is 12.9. The highest BCUT2D eigenvalue weighted by molar-refractivity contribution is 6.03. The van der Waals surface area contributed by atoms with E-state index in [2.05, 4.69) is 36.1 Å².